The molecule has 0 aromatic heterocycles. The smallest absolute Gasteiger partial charge is 0.305 e. The van der Waals surface area contributed by atoms with Crippen LogP contribution in [0.15, 0.2) is 47.4 Å². The molecule has 0 aliphatic heterocycles. The number of amides is 2. The second-order valence-corrected chi connectivity index (χ2v) is 7.10. The van der Waals surface area contributed by atoms with Gasteiger partial charge in [0.05, 0.1) is 12.2 Å². The third kappa shape index (κ3) is 6.79. The lowest BCUT2D eigenvalue weighted by atomic mass is 10.2. The Hall–Kier alpha value is -2.80. The topological polar surface area (TPSA) is 95.5 Å². The summed E-state index contributed by atoms with van der Waals surface area (Å²) in [5.74, 6) is -1.15. The van der Waals surface area contributed by atoms with Crippen LogP contribution in [0.1, 0.15) is 27.9 Å². The highest BCUT2D eigenvalue weighted by Gasteiger charge is 2.08. The van der Waals surface area contributed by atoms with Crippen molar-refractivity contribution in [2.75, 3.05) is 17.6 Å². The lowest BCUT2D eigenvalue weighted by molar-refractivity contribution is -0.136. The molecule has 0 atom stereocenters. The largest absolute Gasteiger partial charge is 0.481 e. The highest BCUT2D eigenvalue weighted by atomic mass is 32.2. The molecule has 0 unspecified atom stereocenters. The van der Waals surface area contributed by atoms with Crippen LogP contribution >= 0.6 is 11.8 Å². The van der Waals surface area contributed by atoms with E-state index in [9.17, 15) is 14.4 Å². The number of carbonyl (C=O) groups is 3. The van der Waals surface area contributed by atoms with Crippen molar-refractivity contribution in [1.82, 2.24) is 5.32 Å². The average molecular weight is 386 g/mol. The second kappa shape index (κ2) is 9.78. The summed E-state index contributed by atoms with van der Waals surface area (Å²) in [6.45, 7) is 4.10. The van der Waals surface area contributed by atoms with E-state index in [4.69, 9.17) is 5.11 Å². The molecule has 2 amide bonds. The van der Waals surface area contributed by atoms with Crippen LogP contribution in [-0.4, -0.2) is 35.2 Å². The van der Waals surface area contributed by atoms with E-state index in [-0.39, 0.29) is 24.8 Å². The summed E-state index contributed by atoms with van der Waals surface area (Å²) in [5, 5.41) is 13.9. The number of nitrogens with one attached hydrogen (secondary N) is 2. The van der Waals surface area contributed by atoms with Crippen molar-refractivity contribution in [3.05, 3.63) is 59.2 Å². The predicted octanol–water partition coefficient (Wildman–Crippen LogP) is 3.24. The fraction of sp³-hybridized carbons (Fsp3) is 0.250. The fourth-order valence-corrected chi connectivity index (χ4v) is 3.22. The molecule has 27 heavy (non-hydrogen) atoms. The molecule has 2 aromatic rings. The van der Waals surface area contributed by atoms with Crippen LogP contribution in [-0.2, 0) is 9.59 Å². The molecule has 142 valence electrons. The Bertz CT molecular complexity index is 834. The molecule has 0 aliphatic carbocycles. The minimum Gasteiger partial charge on any atom is -0.481 e. The van der Waals surface area contributed by atoms with Crippen LogP contribution in [0.2, 0.25) is 0 Å². The number of aryl methyl sites for hydroxylation is 2. The zero-order valence-electron chi connectivity index (χ0n) is 15.2. The molecular formula is C20H22N2O4S. The first-order chi connectivity index (χ1) is 12.8. The van der Waals surface area contributed by atoms with Gasteiger partial charge in [0, 0.05) is 22.7 Å². The number of benzene rings is 2. The third-order valence-corrected chi connectivity index (χ3v) is 4.92. The molecule has 0 bridgehead atoms. The van der Waals surface area contributed by atoms with Gasteiger partial charge in [-0.1, -0.05) is 17.7 Å². The number of hydrogen-bond donors (Lipinski definition) is 3. The van der Waals surface area contributed by atoms with Crippen LogP contribution in [0.25, 0.3) is 0 Å². The minimum absolute atomic E-state index is 0.0717. The van der Waals surface area contributed by atoms with E-state index < -0.39 is 5.97 Å². The fourth-order valence-electron chi connectivity index (χ4n) is 2.29. The van der Waals surface area contributed by atoms with Gasteiger partial charge in [-0.2, -0.15) is 0 Å². The highest BCUT2D eigenvalue weighted by Crippen LogP contribution is 2.23. The van der Waals surface area contributed by atoms with Crippen LogP contribution in [0.3, 0.4) is 0 Å². The Morgan fingerprint density at radius 1 is 1.04 bits per heavy atom. The number of aliphatic carboxylic acids is 1. The van der Waals surface area contributed by atoms with Gasteiger partial charge in [0.2, 0.25) is 5.91 Å². The number of carboxylic acid groups (broad SMARTS) is 1. The molecule has 6 nitrogen and oxygen atoms in total. The van der Waals surface area contributed by atoms with Gasteiger partial charge < -0.3 is 15.7 Å². The summed E-state index contributed by atoms with van der Waals surface area (Å²) >= 11 is 1.48. The van der Waals surface area contributed by atoms with Gasteiger partial charge in [-0.15, -0.1) is 11.8 Å². The van der Waals surface area contributed by atoms with Crippen molar-refractivity contribution in [1.29, 1.82) is 0 Å². The molecule has 2 rings (SSSR count). The maximum Gasteiger partial charge on any atom is 0.305 e. The zero-order valence-corrected chi connectivity index (χ0v) is 16.1. The van der Waals surface area contributed by atoms with E-state index in [1.807, 2.05) is 26.0 Å². The van der Waals surface area contributed by atoms with Gasteiger partial charge in [0.25, 0.3) is 5.91 Å². The molecule has 2 aromatic carbocycles. The Morgan fingerprint density at radius 3 is 2.41 bits per heavy atom. The highest BCUT2D eigenvalue weighted by molar-refractivity contribution is 8.00. The van der Waals surface area contributed by atoms with Crippen LogP contribution in [0.4, 0.5) is 5.69 Å². The standard InChI is InChI=1S/C20H22N2O4S/c1-13-3-4-14(2)17(11-13)27-12-18(23)22-16-7-5-15(6-8-16)20(26)21-10-9-19(24)25/h3-8,11H,9-10,12H2,1-2H3,(H,21,26)(H,22,23)(H,24,25). The molecule has 0 spiro atoms. The number of rotatable bonds is 8. The van der Waals surface area contributed by atoms with Gasteiger partial charge in [0.15, 0.2) is 0 Å². The zero-order chi connectivity index (χ0) is 19.8. The molecule has 0 saturated carbocycles. The molecule has 0 saturated heterocycles. The van der Waals surface area contributed by atoms with E-state index in [0.717, 1.165) is 16.0 Å². The van der Waals surface area contributed by atoms with Crippen LogP contribution < -0.4 is 10.6 Å². The molecule has 0 fully saturated rings. The molecule has 7 heteroatoms. The summed E-state index contributed by atoms with van der Waals surface area (Å²) in [4.78, 5) is 35.6. The van der Waals surface area contributed by atoms with E-state index in [1.54, 1.807) is 24.3 Å². The molecular weight excluding hydrogens is 364 g/mol. The Labute approximate surface area is 162 Å². The first kappa shape index (κ1) is 20.5. The first-order valence-electron chi connectivity index (χ1n) is 8.45. The lowest BCUT2D eigenvalue weighted by Gasteiger charge is -2.09. The lowest BCUT2D eigenvalue weighted by Crippen LogP contribution is -2.26. The first-order valence-corrected chi connectivity index (χ1v) is 9.43. The summed E-state index contributed by atoms with van der Waals surface area (Å²) < 4.78 is 0. The average Bonchev–Trinajstić information content (AvgIpc) is 2.62. The van der Waals surface area contributed by atoms with E-state index in [2.05, 4.69) is 16.7 Å². The van der Waals surface area contributed by atoms with Crippen molar-refractivity contribution in [3.63, 3.8) is 0 Å². The van der Waals surface area contributed by atoms with Gasteiger partial charge >= 0.3 is 5.97 Å². The van der Waals surface area contributed by atoms with Crippen molar-refractivity contribution < 1.29 is 19.5 Å². The number of hydrogen-bond acceptors (Lipinski definition) is 4. The van der Waals surface area contributed by atoms with Crippen molar-refractivity contribution >= 4 is 35.2 Å². The Balaban J connectivity index is 1.84. The quantitative estimate of drug-likeness (QED) is 0.606. The maximum absolute atomic E-state index is 12.1. The SMILES string of the molecule is Cc1ccc(C)c(SCC(=O)Nc2ccc(C(=O)NCCC(=O)O)cc2)c1. The van der Waals surface area contributed by atoms with Crippen molar-refractivity contribution in [2.24, 2.45) is 0 Å². The monoisotopic (exact) mass is 386 g/mol. The summed E-state index contributed by atoms with van der Waals surface area (Å²) in [6, 6.07) is 12.6. The normalized spacial score (nSPS) is 10.3. The van der Waals surface area contributed by atoms with Gasteiger partial charge in [-0.3, -0.25) is 14.4 Å². The number of carbonyl (C=O) groups excluding carboxylic acids is 2. The predicted molar refractivity (Wildman–Crippen MR) is 106 cm³/mol. The summed E-state index contributed by atoms with van der Waals surface area (Å²) in [7, 11) is 0. The third-order valence-electron chi connectivity index (χ3n) is 3.76. The van der Waals surface area contributed by atoms with E-state index in [1.165, 1.54) is 11.8 Å². The number of anilines is 1. The number of carboxylic acids is 1. The van der Waals surface area contributed by atoms with E-state index >= 15 is 0 Å². The molecule has 0 radical (unpaired) electrons. The van der Waals surface area contributed by atoms with E-state index in [0.29, 0.717) is 17.0 Å². The molecule has 3 N–H and O–H groups in total. The van der Waals surface area contributed by atoms with Crippen LogP contribution in [0, 0.1) is 13.8 Å². The summed E-state index contributed by atoms with van der Waals surface area (Å²) in [5.41, 5.74) is 3.30. The van der Waals surface area contributed by atoms with Crippen molar-refractivity contribution in [3.8, 4) is 0 Å². The molecule has 0 aliphatic rings. The van der Waals surface area contributed by atoms with Gasteiger partial charge in [0.1, 0.15) is 0 Å². The summed E-state index contributed by atoms with van der Waals surface area (Å²) in [6.07, 6.45) is -0.127. The Kier molecular flexibility index (Phi) is 7.43. The Morgan fingerprint density at radius 2 is 1.74 bits per heavy atom. The maximum atomic E-state index is 12.1. The van der Waals surface area contributed by atoms with Crippen LogP contribution in [0.5, 0.6) is 0 Å². The minimum atomic E-state index is -0.966. The number of thioether (sulfide) groups is 1. The molecule has 0 heterocycles. The second-order valence-electron chi connectivity index (χ2n) is 6.08. The van der Waals surface area contributed by atoms with Gasteiger partial charge in [-0.25, -0.2) is 0 Å². The van der Waals surface area contributed by atoms with Gasteiger partial charge in [-0.05, 0) is 49.7 Å². The van der Waals surface area contributed by atoms with Crippen molar-refractivity contribution in [2.45, 2.75) is 25.2 Å².